The number of hydrogen-bond acceptors (Lipinski definition) is 8. The predicted molar refractivity (Wildman–Crippen MR) is 151 cm³/mol. The monoisotopic (exact) mass is 564 g/mol. The van der Waals surface area contributed by atoms with Crippen molar-refractivity contribution in [1.29, 1.82) is 0 Å². The molecule has 0 aliphatic heterocycles. The summed E-state index contributed by atoms with van der Waals surface area (Å²) < 4.78 is 26.9. The maximum atomic E-state index is 12.7. The van der Waals surface area contributed by atoms with Crippen molar-refractivity contribution in [1.82, 2.24) is 10.2 Å². The Morgan fingerprint density at radius 2 is 1.07 bits per heavy atom. The van der Waals surface area contributed by atoms with Gasteiger partial charge in [-0.2, -0.15) is 0 Å². The maximum Gasteiger partial charge on any atom is 0.410 e. The van der Waals surface area contributed by atoms with E-state index in [0.29, 0.717) is 6.54 Å². The fourth-order valence-electron chi connectivity index (χ4n) is 3.48. The summed E-state index contributed by atoms with van der Waals surface area (Å²) in [5.74, 6) is -0.552. The lowest BCUT2D eigenvalue weighted by Crippen LogP contribution is -2.39. The molecule has 0 fully saturated rings. The molecule has 0 atom stereocenters. The molecule has 0 aromatic heterocycles. The number of nitrogens with one attached hydrogen (secondary N) is 1. The molecule has 0 radical (unpaired) electrons. The number of nitrogens with zero attached hydrogens (tertiary/aromatic N) is 1. The molecule has 3 aromatic rings. The molecule has 0 saturated carbocycles. The molecule has 0 unspecified atom stereocenters. The first-order valence-electron chi connectivity index (χ1n) is 13.4. The van der Waals surface area contributed by atoms with Crippen molar-refractivity contribution in [2.24, 2.45) is 0 Å². The molecular formula is C31H36N2O8. The zero-order chi connectivity index (χ0) is 29.0. The topological polar surface area (TPSA) is 113 Å². The van der Waals surface area contributed by atoms with Crippen LogP contribution in [0.15, 0.2) is 91.0 Å². The Bertz CT molecular complexity index is 1160. The van der Waals surface area contributed by atoms with Gasteiger partial charge in [-0.25, -0.2) is 9.59 Å². The Balaban J connectivity index is 1.30. The first-order chi connectivity index (χ1) is 20.1. The van der Waals surface area contributed by atoms with E-state index in [1.54, 1.807) is 0 Å². The molecule has 3 aromatic carbocycles. The number of carbonyl (C=O) groups is 3. The van der Waals surface area contributed by atoms with Gasteiger partial charge in [0, 0.05) is 13.1 Å². The standard InChI is InChI=1S/C31H36N2O8/c34-29(39-23-26-10-4-1-5-11-26)22-33(31(36)41-25-28-14-8-3-9-15-28)17-19-38-21-20-37-18-16-32-30(35)40-24-27-12-6-2-7-13-27/h1-15H,16-25H2,(H,32,35). The molecule has 2 amide bonds. The van der Waals surface area contributed by atoms with Crippen molar-refractivity contribution in [2.75, 3.05) is 46.1 Å². The van der Waals surface area contributed by atoms with Gasteiger partial charge in [-0.1, -0.05) is 91.0 Å². The zero-order valence-electron chi connectivity index (χ0n) is 22.9. The summed E-state index contributed by atoms with van der Waals surface area (Å²) in [5.41, 5.74) is 2.59. The Morgan fingerprint density at radius 1 is 0.585 bits per heavy atom. The number of esters is 1. The molecule has 3 rings (SSSR count). The van der Waals surface area contributed by atoms with Crippen LogP contribution in [0, 0.1) is 0 Å². The predicted octanol–water partition coefficient (Wildman–Crippen LogP) is 4.33. The van der Waals surface area contributed by atoms with Crippen LogP contribution in [-0.2, 0) is 48.3 Å². The van der Waals surface area contributed by atoms with Gasteiger partial charge in [-0.3, -0.25) is 9.69 Å². The van der Waals surface area contributed by atoms with Crippen molar-refractivity contribution >= 4 is 18.2 Å². The van der Waals surface area contributed by atoms with E-state index < -0.39 is 18.2 Å². The van der Waals surface area contributed by atoms with Gasteiger partial charge in [0.25, 0.3) is 0 Å². The Hall–Kier alpha value is -4.41. The summed E-state index contributed by atoms with van der Waals surface area (Å²) in [5, 5.41) is 2.62. The maximum absolute atomic E-state index is 12.7. The minimum Gasteiger partial charge on any atom is -0.459 e. The number of amides is 2. The smallest absolute Gasteiger partial charge is 0.410 e. The van der Waals surface area contributed by atoms with E-state index in [4.69, 9.17) is 23.7 Å². The minimum absolute atomic E-state index is 0.0811. The summed E-state index contributed by atoms with van der Waals surface area (Å²) >= 11 is 0. The highest BCUT2D eigenvalue weighted by atomic mass is 16.6. The van der Waals surface area contributed by atoms with Crippen LogP contribution in [0.1, 0.15) is 16.7 Å². The molecule has 0 heterocycles. The summed E-state index contributed by atoms with van der Waals surface area (Å²) in [6.45, 7) is 1.55. The van der Waals surface area contributed by atoms with Crippen molar-refractivity contribution < 1.29 is 38.1 Å². The second kappa shape index (κ2) is 18.8. The van der Waals surface area contributed by atoms with Gasteiger partial charge >= 0.3 is 18.2 Å². The van der Waals surface area contributed by atoms with Gasteiger partial charge in [0.2, 0.25) is 0 Å². The Labute approximate surface area is 240 Å². The number of benzene rings is 3. The number of ether oxygens (including phenoxy) is 5. The molecule has 1 N–H and O–H groups in total. The summed E-state index contributed by atoms with van der Waals surface area (Å²) in [4.78, 5) is 38.1. The van der Waals surface area contributed by atoms with Crippen LogP contribution in [-0.4, -0.2) is 69.1 Å². The van der Waals surface area contributed by atoms with Crippen LogP contribution in [0.2, 0.25) is 0 Å². The van der Waals surface area contributed by atoms with Crippen LogP contribution in [0.5, 0.6) is 0 Å². The second-order valence-corrected chi connectivity index (χ2v) is 8.82. The molecule has 10 heteroatoms. The van der Waals surface area contributed by atoms with Gasteiger partial charge in [0.05, 0.1) is 26.4 Å². The normalized spacial score (nSPS) is 10.4. The number of hydrogen-bond donors (Lipinski definition) is 1. The van der Waals surface area contributed by atoms with Gasteiger partial charge < -0.3 is 29.0 Å². The van der Waals surface area contributed by atoms with Gasteiger partial charge in [-0.05, 0) is 16.7 Å². The van der Waals surface area contributed by atoms with Crippen molar-refractivity contribution in [3.05, 3.63) is 108 Å². The number of carbonyl (C=O) groups excluding carboxylic acids is 3. The van der Waals surface area contributed by atoms with Crippen LogP contribution in [0.4, 0.5) is 9.59 Å². The molecular weight excluding hydrogens is 528 g/mol. The van der Waals surface area contributed by atoms with Crippen molar-refractivity contribution in [3.8, 4) is 0 Å². The van der Waals surface area contributed by atoms with Gasteiger partial charge in [-0.15, -0.1) is 0 Å². The third kappa shape index (κ3) is 13.5. The highest BCUT2D eigenvalue weighted by molar-refractivity contribution is 5.78. The minimum atomic E-state index is -0.643. The van der Waals surface area contributed by atoms with Gasteiger partial charge in [0.15, 0.2) is 0 Å². The molecule has 0 spiro atoms. The zero-order valence-corrected chi connectivity index (χ0v) is 22.9. The number of rotatable bonds is 17. The average Bonchev–Trinajstić information content (AvgIpc) is 3.01. The lowest BCUT2D eigenvalue weighted by molar-refractivity contribution is -0.146. The van der Waals surface area contributed by atoms with Crippen LogP contribution < -0.4 is 5.32 Å². The van der Waals surface area contributed by atoms with E-state index >= 15 is 0 Å². The number of alkyl carbamates (subject to hydrolysis) is 1. The quantitative estimate of drug-likeness (QED) is 0.147. The van der Waals surface area contributed by atoms with Crippen molar-refractivity contribution in [2.45, 2.75) is 19.8 Å². The van der Waals surface area contributed by atoms with Crippen LogP contribution in [0.3, 0.4) is 0 Å². The molecule has 0 aliphatic rings. The molecule has 0 aliphatic carbocycles. The fourth-order valence-corrected chi connectivity index (χ4v) is 3.48. The third-order valence-electron chi connectivity index (χ3n) is 5.63. The highest BCUT2D eigenvalue weighted by Crippen LogP contribution is 2.06. The van der Waals surface area contributed by atoms with E-state index in [0.717, 1.165) is 16.7 Å². The van der Waals surface area contributed by atoms with Crippen LogP contribution in [0.25, 0.3) is 0 Å². The Kier molecular flexibility index (Phi) is 14.3. The first-order valence-corrected chi connectivity index (χ1v) is 13.4. The van der Waals surface area contributed by atoms with E-state index in [1.165, 1.54) is 4.90 Å². The average molecular weight is 565 g/mol. The highest BCUT2D eigenvalue weighted by Gasteiger charge is 2.20. The molecule has 41 heavy (non-hydrogen) atoms. The molecule has 0 bridgehead atoms. The Morgan fingerprint density at radius 3 is 1.63 bits per heavy atom. The van der Waals surface area contributed by atoms with Gasteiger partial charge in [0.1, 0.15) is 26.4 Å². The summed E-state index contributed by atoms with van der Waals surface area (Å²) in [7, 11) is 0. The van der Waals surface area contributed by atoms with E-state index in [1.807, 2.05) is 91.0 Å². The fraction of sp³-hybridized carbons (Fsp3) is 0.323. The van der Waals surface area contributed by atoms with Crippen LogP contribution >= 0.6 is 0 Å². The summed E-state index contributed by atoms with van der Waals surface area (Å²) in [6.07, 6.45) is -1.16. The molecule has 0 saturated heterocycles. The largest absolute Gasteiger partial charge is 0.459 e. The summed E-state index contributed by atoms with van der Waals surface area (Å²) in [6, 6.07) is 28.0. The lowest BCUT2D eigenvalue weighted by Gasteiger charge is -2.21. The lowest BCUT2D eigenvalue weighted by atomic mass is 10.2. The van der Waals surface area contributed by atoms with E-state index in [9.17, 15) is 14.4 Å². The van der Waals surface area contributed by atoms with E-state index in [2.05, 4.69) is 5.32 Å². The first kappa shape index (κ1) is 31.1. The molecule has 218 valence electrons. The third-order valence-corrected chi connectivity index (χ3v) is 5.63. The van der Waals surface area contributed by atoms with E-state index in [-0.39, 0.29) is 59.3 Å². The SMILES string of the molecule is O=C(CN(CCOCCOCCNC(=O)OCc1ccccc1)C(=O)OCc1ccccc1)OCc1ccccc1. The molecule has 10 nitrogen and oxygen atoms in total. The van der Waals surface area contributed by atoms with Crippen molar-refractivity contribution in [3.63, 3.8) is 0 Å². The second-order valence-electron chi connectivity index (χ2n) is 8.82.